The first-order valence-corrected chi connectivity index (χ1v) is 8.68. The number of nitrogens with one attached hydrogen (secondary N) is 1. The summed E-state index contributed by atoms with van der Waals surface area (Å²) in [6.45, 7) is 2.31. The van der Waals surface area contributed by atoms with Crippen molar-refractivity contribution in [3.63, 3.8) is 0 Å². The Morgan fingerprint density at radius 2 is 1.79 bits per heavy atom. The number of hydrogen-bond acceptors (Lipinski definition) is 7. The number of carbonyl (C=O) groups excluding carboxylic acids is 1. The lowest BCUT2D eigenvalue weighted by molar-refractivity contribution is 0.0520. The molecule has 2 aromatic carbocycles. The highest BCUT2D eigenvalue weighted by Gasteiger charge is 2.22. The molecule has 0 aliphatic heterocycles. The maximum Gasteiger partial charge on any atom is 0.361 e. The van der Waals surface area contributed by atoms with Crippen molar-refractivity contribution in [2.24, 2.45) is 0 Å². The molecule has 8 nitrogen and oxygen atoms in total. The number of methoxy groups -OCH3 is 2. The normalized spacial score (nSPS) is 10.4. The first kappa shape index (κ1) is 19.2. The van der Waals surface area contributed by atoms with Crippen molar-refractivity contribution in [3.05, 3.63) is 53.7 Å². The largest absolute Gasteiger partial charge is 0.493 e. The third-order valence-corrected chi connectivity index (χ3v) is 3.97. The van der Waals surface area contributed by atoms with Gasteiger partial charge in [0.2, 0.25) is 5.75 Å². The Kier molecular flexibility index (Phi) is 6.11. The molecule has 146 valence electrons. The highest BCUT2D eigenvalue weighted by atomic mass is 16.5. The van der Waals surface area contributed by atoms with Gasteiger partial charge in [0.25, 0.3) is 0 Å². The van der Waals surface area contributed by atoms with Crippen LogP contribution in [0.5, 0.6) is 17.2 Å². The van der Waals surface area contributed by atoms with E-state index in [2.05, 4.69) is 15.4 Å². The van der Waals surface area contributed by atoms with Gasteiger partial charge in [0.05, 0.1) is 20.8 Å². The van der Waals surface area contributed by atoms with Crippen LogP contribution in [-0.4, -0.2) is 42.2 Å². The van der Waals surface area contributed by atoms with Crippen molar-refractivity contribution in [3.8, 4) is 28.5 Å². The molecule has 0 bridgehead atoms. The SMILES string of the molecule is CCOC(=O)c1n[nH]nc1-c1cc(OC)c(OC)c(OCc2ccccc2)c1. The minimum atomic E-state index is -0.562. The Morgan fingerprint density at radius 1 is 1.04 bits per heavy atom. The third-order valence-electron chi connectivity index (χ3n) is 3.97. The van der Waals surface area contributed by atoms with E-state index in [1.165, 1.54) is 14.2 Å². The highest BCUT2D eigenvalue weighted by Crippen LogP contribution is 2.41. The fourth-order valence-electron chi connectivity index (χ4n) is 2.68. The number of ether oxygens (including phenoxy) is 4. The molecule has 0 amide bonds. The number of carbonyl (C=O) groups is 1. The van der Waals surface area contributed by atoms with Crippen molar-refractivity contribution < 1.29 is 23.7 Å². The van der Waals surface area contributed by atoms with Crippen molar-refractivity contribution in [1.82, 2.24) is 15.4 Å². The van der Waals surface area contributed by atoms with Crippen molar-refractivity contribution in [1.29, 1.82) is 0 Å². The minimum Gasteiger partial charge on any atom is -0.493 e. The predicted octanol–water partition coefficient (Wildman–Crippen LogP) is 3.24. The molecule has 3 aromatic rings. The Bertz CT molecular complexity index is 940. The van der Waals surface area contributed by atoms with Crippen LogP contribution in [-0.2, 0) is 11.3 Å². The summed E-state index contributed by atoms with van der Waals surface area (Å²) in [7, 11) is 3.06. The van der Waals surface area contributed by atoms with Gasteiger partial charge >= 0.3 is 5.97 Å². The summed E-state index contributed by atoms with van der Waals surface area (Å²) in [6, 6.07) is 13.2. The molecule has 28 heavy (non-hydrogen) atoms. The summed E-state index contributed by atoms with van der Waals surface area (Å²) in [5.74, 6) is 0.788. The summed E-state index contributed by atoms with van der Waals surface area (Å²) >= 11 is 0. The summed E-state index contributed by atoms with van der Waals surface area (Å²) < 4.78 is 21.9. The molecule has 0 atom stereocenters. The van der Waals surface area contributed by atoms with E-state index in [0.29, 0.717) is 35.1 Å². The average Bonchev–Trinajstić information content (AvgIpc) is 3.22. The van der Waals surface area contributed by atoms with E-state index in [1.54, 1.807) is 19.1 Å². The molecule has 0 unspecified atom stereocenters. The molecule has 0 aliphatic rings. The second kappa shape index (κ2) is 8.90. The lowest BCUT2D eigenvalue weighted by atomic mass is 10.1. The van der Waals surface area contributed by atoms with E-state index in [4.69, 9.17) is 18.9 Å². The standard InChI is InChI=1S/C20H21N3O5/c1-4-27-20(24)18-17(21-23-22-18)14-10-15(25-2)19(26-3)16(11-14)28-12-13-8-6-5-7-9-13/h5-11H,4,12H2,1-3H3,(H,21,22,23). The fourth-order valence-corrected chi connectivity index (χ4v) is 2.68. The van der Waals surface area contributed by atoms with Gasteiger partial charge in [0.15, 0.2) is 17.2 Å². The van der Waals surface area contributed by atoms with Gasteiger partial charge in [-0.15, -0.1) is 5.10 Å². The maximum absolute atomic E-state index is 12.1. The first-order valence-electron chi connectivity index (χ1n) is 8.68. The summed E-state index contributed by atoms with van der Waals surface area (Å²) in [5, 5.41) is 10.5. The number of benzene rings is 2. The summed E-state index contributed by atoms with van der Waals surface area (Å²) in [5.41, 5.74) is 2.01. The molecule has 1 N–H and O–H groups in total. The van der Waals surface area contributed by atoms with Crippen LogP contribution in [0.3, 0.4) is 0 Å². The molecule has 8 heteroatoms. The molecule has 3 rings (SSSR count). The van der Waals surface area contributed by atoms with Gasteiger partial charge in [-0.05, 0) is 24.6 Å². The van der Waals surface area contributed by atoms with Gasteiger partial charge in [-0.2, -0.15) is 10.3 Å². The molecule has 1 heterocycles. The number of esters is 1. The summed E-state index contributed by atoms with van der Waals surface area (Å²) in [6.07, 6.45) is 0. The Hall–Kier alpha value is -3.55. The van der Waals surface area contributed by atoms with Crippen LogP contribution >= 0.6 is 0 Å². The molecule has 0 saturated heterocycles. The number of aromatic nitrogens is 3. The molecule has 1 aromatic heterocycles. The van der Waals surface area contributed by atoms with Gasteiger partial charge in [-0.25, -0.2) is 4.79 Å². The van der Waals surface area contributed by atoms with E-state index in [-0.39, 0.29) is 12.3 Å². The predicted molar refractivity (Wildman–Crippen MR) is 102 cm³/mol. The third kappa shape index (κ3) is 4.06. The van der Waals surface area contributed by atoms with E-state index < -0.39 is 5.97 Å². The van der Waals surface area contributed by atoms with Gasteiger partial charge in [-0.3, -0.25) is 0 Å². The smallest absolute Gasteiger partial charge is 0.361 e. The van der Waals surface area contributed by atoms with Crippen LogP contribution in [0.2, 0.25) is 0 Å². The van der Waals surface area contributed by atoms with E-state index in [1.807, 2.05) is 30.3 Å². The molecular weight excluding hydrogens is 362 g/mol. The molecule has 0 spiro atoms. The van der Waals surface area contributed by atoms with Crippen LogP contribution in [0.25, 0.3) is 11.3 Å². The van der Waals surface area contributed by atoms with Gasteiger partial charge < -0.3 is 18.9 Å². The zero-order valence-electron chi connectivity index (χ0n) is 15.9. The Labute approximate surface area is 162 Å². The number of nitrogens with zero attached hydrogens (tertiary/aromatic N) is 2. The second-order valence-electron chi connectivity index (χ2n) is 5.73. The number of H-pyrrole nitrogens is 1. The maximum atomic E-state index is 12.1. The van der Waals surface area contributed by atoms with E-state index in [9.17, 15) is 4.79 Å². The van der Waals surface area contributed by atoms with Crippen LogP contribution in [0.1, 0.15) is 23.0 Å². The van der Waals surface area contributed by atoms with Crippen molar-refractivity contribution in [2.75, 3.05) is 20.8 Å². The Morgan fingerprint density at radius 3 is 2.46 bits per heavy atom. The number of hydrogen-bond donors (Lipinski definition) is 1. The van der Waals surface area contributed by atoms with E-state index >= 15 is 0 Å². The van der Waals surface area contributed by atoms with Crippen molar-refractivity contribution >= 4 is 5.97 Å². The lowest BCUT2D eigenvalue weighted by Crippen LogP contribution is -2.07. The van der Waals surface area contributed by atoms with Crippen LogP contribution in [0.4, 0.5) is 0 Å². The second-order valence-corrected chi connectivity index (χ2v) is 5.73. The van der Waals surface area contributed by atoms with Crippen LogP contribution in [0, 0.1) is 0 Å². The molecule has 0 fully saturated rings. The van der Waals surface area contributed by atoms with E-state index in [0.717, 1.165) is 5.56 Å². The van der Waals surface area contributed by atoms with Gasteiger partial charge in [0.1, 0.15) is 12.3 Å². The topological polar surface area (TPSA) is 95.6 Å². The number of aromatic amines is 1. The molecule has 0 aliphatic carbocycles. The quantitative estimate of drug-likeness (QED) is 0.597. The molecular formula is C20H21N3O5. The zero-order chi connectivity index (χ0) is 19.9. The molecule has 0 radical (unpaired) electrons. The number of rotatable bonds is 8. The van der Waals surface area contributed by atoms with Gasteiger partial charge in [0, 0.05) is 5.56 Å². The van der Waals surface area contributed by atoms with Crippen LogP contribution < -0.4 is 14.2 Å². The highest BCUT2D eigenvalue weighted by molar-refractivity contribution is 5.94. The first-order chi connectivity index (χ1) is 13.7. The average molecular weight is 383 g/mol. The van der Waals surface area contributed by atoms with Gasteiger partial charge in [-0.1, -0.05) is 30.3 Å². The van der Waals surface area contributed by atoms with Crippen molar-refractivity contribution in [2.45, 2.75) is 13.5 Å². The fraction of sp³-hybridized carbons (Fsp3) is 0.250. The summed E-state index contributed by atoms with van der Waals surface area (Å²) in [4.78, 5) is 12.1. The lowest BCUT2D eigenvalue weighted by Gasteiger charge is -2.15. The zero-order valence-corrected chi connectivity index (χ0v) is 15.9. The Balaban J connectivity index is 1.99. The monoisotopic (exact) mass is 383 g/mol. The van der Waals surface area contributed by atoms with Crippen LogP contribution in [0.15, 0.2) is 42.5 Å². The minimum absolute atomic E-state index is 0.0862. The molecule has 0 saturated carbocycles.